The third kappa shape index (κ3) is 17.7. The van der Waals surface area contributed by atoms with Crippen LogP contribution in [0.2, 0.25) is 0 Å². The molecular formula is C36H47N3O24S6. The quantitative estimate of drug-likeness (QED) is 0.0217. The molecule has 386 valence electrons. The molecular weight excluding hydrogens is 1050 g/mol. The molecule has 6 N–H and O–H groups in total. The van der Waals surface area contributed by atoms with Gasteiger partial charge in [-0.3, -0.25) is 27.3 Å². The molecule has 4 aromatic rings. The number of unbranched alkanes of at least 4 members (excludes halogenated alkanes) is 2. The van der Waals surface area contributed by atoms with Gasteiger partial charge in [-0.1, -0.05) is 56.5 Å². The van der Waals surface area contributed by atoms with E-state index in [1.54, 1.807) is 44.2 Å². The lowest BCUT2D eigenvalue weighted by atomic mass is 9.96. The minimum absolute atomic E-state index is 0.173. The highest BCUT2D eigenvalue weighted by atomic mass is 32.2. The Morgan fingerprint density at radius 2 is 0.971 bits per heavy atom. The Hall–Kier alpha value is -5.07. The van der Waals surface area contributed by atoms with Crippen molar-refractivity contribution < 1.29 is 105 Å². The molecule has 1 aliphatic carbocycles. The first-order valence-corrected chi connectivity index (χ1v) is 28.3. The molecule has 0 radical (unpaired) electrons. The normalized spacial score (nSPS) is 15.2. The van der Waals surface area contributed by atoms with E-state index in [0.29, 0.717) is 58.7 Å². The fourth-order valence-electron chi connectivity index (χ4n) is 6.05. The average molecular weight is 1100 g/mol. The number of nitrogens with zero attached hydrogens (tertiary/aromatic N) is 3. The summed E-state index contributed by atoms with van der Waals surface area (Å²) in [5, 5.41) is 32.9. The highest BCUT2D eigenvalue weighted by Gasteiger charge is 2.32. The van der Waals surface area contributed by atoms with E-state index in [0.717, 1.165) is 51.0 Å². The summed E-state index contributed by atoms with van der Waals surface area (Å²) in [5.41, 5.74) is -0.301. The number of rotatable bonds is 17. The van der Waals surface area contributed by atoms with Crippen LogP contribution in [0.15, 0.2) is 91.7 Å². The Morgan fingerprint density at radius 3 is 1.35 bits per heavy atom. The average Bonchev–Trinajstić information content (AvgIpc) is 3.97. The van der Waals surface area contributed by atoms with Crippen molar-refractivity contribution in [3.05, 3.63) is 87.0 Å². The summed E-state index contributed by atoms with van der Waals surface area (Å²) < 4.78 is 203. The van der Waals surface area contributed by atoms with Crippen LogP contribution in [0.3, 0.4) is 0 Å². The van der Waals surface area contributed by atoms with Crippen molar-refractivity contribution in [1.82, 2.24) is 0 Å². The first-order valence-electron chi connectivity index (χ1n) is 19.7. The maximum absolute atomic E-state index is 12.3. The first kappa shape index (κ1) is 58.2. The lowest BCUT2D eigenvalue weighted by Crippen LogP contribution is -2.33. The van der Waals surface area contributed by atoms with Crippen molar-refractivity contribution in [3.63, 3.8) is 0 Å². The summed E-state index contributed by atoms with van der Waals surface area (Å²) in [6, 6.07) is 9.34. The predicted octanol–water partition coefficient (Wildman–Crippen LogP) is 4.00. The summed E-state index contributed by atoms with van der Waals surface area (Å²) in [6.07, 6.45) is 9.29. The van der Waals surface area contributed by atoms with Gasteiger partial charge in [0.25, 0.3) is 30.4 Å². The predicted molar refractivity (Wildman–Crippen MR) is 237 cm³/mol. The maximum atomic E-state index is 12.3. The van der Waals surface area contributed by atoms with Crippen LogP contribution in [0.25, 0.3) is 0 Å². The van der Waals surface area contributed by atoms with E-state index < -0.39 is 113 Å². The van der Waals surface area contributed by atoms with Gasteiger partial charge in [-0.15, -0.1) is 0 Å². The SMILES string of the molecule is CCCCCC(C)(C)[N+]([O-])=Cc1oc(S(=O)(=O)O)cc1S(=O)(=O)O.O=S(=O)(O)c1cc(S(=O)(=O)O)c(C=[N+]([O-])C2CCCCC2)o1.O=S(=O)(O)c1cc(S(=O)(=O)O)c(C=[N+]([O-])Cc2ccccc2)o1. The number of hydrogen-bond donors (Lipinski definition) is 6. The Morgan fingerprint density at radius 1 is 0.580 bits per heavy atom. The van der Waals surface area contributed by atoms with Gasteiger partial charge in [0.05, 0.1) is 0 Å². The van der Waals surface area contributed by atoms with Gasteiger partial charge in [0.15, 0.2) is 18.1 Å². The fraction of sp³-hybridized carbons (Fsp3) is 0.417. The zero-order valence-electron chi connectivity index (χ0n) is 36.3. The van der Waals surface area contributed by atoms with Gasteiger partial charge < -0.3 is 28.9 Å². The molecule has 33 heteroatoms. The van der Waals surface area contributed by atoms with E-state index in [2.05, 4.69) is 4.42 Å². The molecule has 0 amide bonds. The Labute approximate surface area is 396 Å². The molecule has 3 heterocycles. The van der Waals surface area contributed by atoms with Gasteiger partial charge in [0.1, 0.15) is 14.7 Å². The van der Waals surface area contributed by atoms with Crippen molar-refractivity contribution in [1.29, 1.82) is 0 Å². The van der Waals surface area contributed by atoms with E-state index in [9.17, 15) is 66.1 Å². The van der Waals surface area contributed by atoms with Gasteiger partial charge in [0.2, 0.25) is 51.2 Å². The second kappa shape index (κ2) is 22.8. The molecule has 27 nitrogen and oxygen atoms in total. The first-order chi connectivity index (χ1) is 31.4. The van der Waals surface area contributed by atoms with Gasteiger partial charge >= 0.3 is 30.4 Å². The summed E-state index contributed by atoms with van der Waals surface area (Å²) in [6.45, 7) is 5.09. The minimum Gasteiger partial charge on any atom is -0.624 e. The van der Waals surface area contributed by atoms with Crippen LogP contribution >= 0.6 is 0 Å². The van der Waals surface area contributed by atoms with E-state index in [1.165, 1.54) is 0 Å². The van der Waals surface area contributed by atoms with Crippen LogP contribution < -0.4 is 0 Å². The van der Waals surface area contributed by atoms with Crippen molar-refractivity contribution in [3.8, 4) is 0 Å². The van der Waals surface area contributed by atoms with Crippen LogP contribution in [-0.4, -0.2) is 122 Å². The molecule has 1 aliphatic rings. The largest absolute Gasteiger partial charge is 0.624 e. The second-order valence-electron chi connectivity index (χ2n) is 15.4. The van der Waals surface area contributed by atoms with E-state index in [1.807, 2.05) is 6.92 Å². The summed E-state index contributed by atoms with van der Waals surface area (Å²) in [4.78, 5) is -2.75. The monoisotopic (exact) mass is 1100 g/mol. The van der Waals surface area contributed by atoms with Crippen LogP contribution in [0.4, 0.5) is 0 Å². The van der Waals surface area contributed by atoms with E-state index in [4.69, 9.17) is 36.2 Å². The number of benzene rings is 1. The smallest absolute Gasteiger partial charge is 0.328 e. The topological polar surface area (TPSA) is 444 Å². The molecule has 0 spiro atoms. The summed E-state index contributed by atoms with van der Waals surface area (Å²) >= 11 is 0. The molecule has 3 aromatic heterocycles. The number of hydrogen-bond acceptors (Lipinski definition) is 18. The summed E-state index contributed by atoms with van der Waals surface area (Å²) in [7, 11) is -29.0. The molecule has 1 aromatic carbocycles. The second-order valence-corrected chi connectivity index (χ2v) is 23.7. The van der Waals surface area contributed by atoms with E-state index in [-0.39, 0.29) is 17.3 Å². The van der Waals surface area contributed by atoms with Crippen molar-refractivity contribution >= 4 is 79.4 Å². The highest BCUT2D eigenvalue weighted by Crippen LogP contribution is 2.27. The lowest BCUT2D eigenvalue weighted by molar-refractivity contribution is -0.537. The third-order valence-corrected chi connectivity index (χ3v) is 14.3. The minimum atomic E-state index is -4.86. The molecule has 69 heavy (non-hydrogen) atoms. The lowest BCUT2D eigenvalue weighted by Gasteiger charge is -2.23. The van der Waals surface area contributed by atoms with Crippen molar-refractivity contribution in [2.75, 3.05) is 0 Å². The third-order valence-electron chi connectivity index (χ3n) is 9.55. The van der Waals surface area contributed by atoms with Crippen LogP contribution in [0.1, 0.15) is 101 Å². The van der Waals surface area contributed by atoms with Crippen LogP contribution in [-0.2, 0) is 67.3 Å². The zero-order valence-corrected chi connectivity index (χ0v) is 41.2. The molecule has 1 saturated carbocycles. The highest BCUT2D eigenvalue weighted by molar-refractivity contribution is 7.87. The number of furan rings is 3. The zero-order chi connectivity index (χ0) is 52.6. The fourth-order valence-corrected chi connectivity index (χ4v) is 9.47. The van der Waals surface area contributed by atoms with Gasteiger partial charge in [0, 0.05) is 56.9 Å². The molecule has 0 aliphatic heterocycles. The molecule has 0 atom stereocenters. The molecule has 0 bridgehead atoms. The van der Waals surface area contributed by atoms with E-state index >= 15 is 0 Å². The molecule has 1 fully saturated rings. The molecule has 0 saturated heterocycles. The van der Waals surface area contributed by atoms with Crippen LogP contribution in [0.5, 0.6) is 0 Å². The summed E-state index contributed by atoms with van der Waals surface area (Å²) in [5.74, 6) is -2.04. The van der Waals surface area contributed by atoms with Gasteiger partial charge in [-0.25, -0.2) is 14.2 Å². The maximum Gasteiger partial charge on any atom is 0.328 e. The standard InChI is InChI=1S/C13H21NO8S2.C12H11NO8S2.C11H15NO8S2/c1-4-5-6-7-13(2,3)14(15)9-10-11(23(16,17)18)8-12(22-10)24(19,20)21;14-13(7-9-4-2-1-3-5-9)8-10-11(22(15,16)17)6-12(21-10)23(18,19)20;13-12(8-4-2-1-3-5-8)7-9-10(21(14,15)16)6-11(20-9)22(17,18)19/h8-9H,4-7H2,1-3H3,(H,16,17,18)(H,19,20,21);1-6,8H,7H2,(H,15,16,17)(H,18,19,20);6-8H,1-5H2,(H,14,15,16)(H,17,18,19). The Bertz CT molecular complexity index is 3230. The Kier molecular flexibility index (Phi) is 19.2. The van der Waals surface area contributed by atoms with Crippen molar-refractivity contribution in [2.45, 2.75) is 127 Å². The molecule has 0 unspecified atom stereocenters. The Balaban J connectivity index is 0.000000274. The van der Waals surface area contributed by atoms with Crippen molar-refractivity contribution in [2.24, 2.45) is 0 Å². The van der Waals surface area contributed by atoms with Crippen LogP contribution in [0, 0.1) is 15.6 Å². The van der Waals surface area contributed by atoms with Gasteiger partial charge in [-0.05, 0) is 19.3 Å². The molecule has 5 rings (SSSR count). The van der Waals surface area contributed by atoms with Gasteiger partial charge in [-0.2, -0.15) is 50.5 Å². The number of hydroxylamine groups is 3.